The summed E-state index contributed by atoms with van der Waals surface area (Å²) < 4.78 is 18.5. The van der Waals surface area contributed by atoms with Crippen molar-refractivity contribution in [3.63, 3.8) is 0 Å². The van der Waals surface area contributed by atoms with Crippen LogP contribution in [-0.2, 0) is 4.74 Å². The molecule has 1 N–H and O–H groups in total. The van der Waals surface area contributed by atoms with Crippen molar-refractivity contribution in [3.8, 4) is 0 Å². The summed E-state index contributed by atoms with van der Waals surface area (Å²) in [6.45, 7) is 6.16. The van der Waals surface area contributed by atoms with Crippen LogP contribution in [0.1, 0.15) is 20.8 Å². The van der Waals surface area contributed by atoms with E-state index in [1.54, 1.807) is 27.8 Å². The molecule has 0 aromatic carbocycles. The Hall–Kier alpha value is -0.840. The summed E-state index contributed by atoms with van der Waals surface area (Å²) in [5.41, 5.74) is -0.539. The fraction of sp³-hybridized carbons (Fsp3) is 0.900. The Morgan fingerprint density at radius 1 is 1.47 bits per heavy atom. The van der Waals surface area contributed by atoms with E-state index in [1.807, 2.05) is 0 Å². The van der Waals surface area contributed by atoms with Gasteiger partial charge in [0.2, 0.25) is 0 Å². The van der Waals surface area contributed by atoms with E-state index in [1.165, 1.54) is 4.90 Å². The number of hydrogen-bond donors (Lipinski definition) is 1. The average Bonchev–Trinajstić information content (AvgIpc) is 2.47. The molecule has 1 saturated heterocycles. The van der Waals surface area contributed by atoms with Crippen LogP contribution in [0.4, 0.5) is 9.18 Å². The topological polar surface area (TPSA) is 41.6 Å². The third kappa shape index (κ3) is 3.34. The molecule has 1 aliphatic heterocycles. The summed E-state index contributed by atoms with van der Waals surface area (Å²) in [5.74, 6) is 0. The van der Waals surface area contributed by atoms with Gasteiger partial charge in [0, 0.05) is 20.1 Å². The quantitative estimate of drug-likeness (QED) is 0.718. The molecular formula is C10H19FN2O2. The molecule has 0 radical (unpaired) electrons. The minimum atomic E-state index is -1.01. The second-order valence-corrected chi connectivity index (χ2v) is 4.83. The largest absolute Gasteiger partial charge is 0.444 e. The number of carbonyl (C=O) groups is 1. The first-order chi connectivity index (χ1) is 6.81. The van der Waals surface area contributed by atoms with Crippen LogP contribution < -0.4 is 5.32 Å². The van der Waals surface area contributed by atoms with Crippen LogP contribution >= 0.6 is 0 Å². The van der Waals surface area contributed by atoms with Crippen molar-refractivity contribution in [1.82, 2.24) is 10.2 Å². The molecule has 4 nitrogen and oxygen atoms in total. The second kappa shape index (κ2) is 4.35. The number of rotatable bonds is 1. The van der Waals surface area contributed by atoms with Crippen molar-refractivity contribution in [2.75, 3.05) is 20.1 Å². The molecule has 15 heavy (non-hydrogen) atoms. The van der Waals surface area contributed by atoms with Crippen LogP contribution in [0.15, 0.2) is 0 Å². The van der Waals surface area contributed by atoms with Crippen molar-refractivity contribution >= 4 is 6.09 Å². The fourth-order valence-corrected chi connectivity index (χ4v) is 1.48. The highest BCUT2D eigenvalue weighted by Gasteiger charge is 2.34. The van der Waals surface area contributed by atoms with E-state index in [4.69, 9.17) is 4.74 Å². The zero-order chi connectivity index (χ0) is 11.6. The number of carbonyl (C=O) groups excluding carboxylic acids is 1. The van der Waals surface area contributed by atoms with Gasteiger partial charge in [-0.2, -0.15) is 0 Å². The van der Waals surface area contributed by atoms with E-state index in [9.17, 15) is 9.18 Å². The highest BCUT2D eigenvalue weighted by molar-refractivity contribution is 5.68. The van der Waals surface area contributed by atoms with Gasteiger partial charge in [-0.3, -0.25) is 0 Å². The zero-order valence-corrected chi connectivity index (χ0v) is 9.71. The predicted molar refractivity (Wildman–Crippen MR) is 55.6 cm³/mol. The number of alkyl halides is 1. The lowest BCUT2D eigenvalue weighted by molar-refractivity contribution is 0.0182. The van der Waals surface area contributed by atoms with Gasteiger partial charge in [-0.25, -0.2) is 9.18 Å². The summed E-state index contributed by atoms with van der Waals surface area (Å²) >= 11 is 0. The lowest BCUT2D eigenvalue weighted by Gasteiger charge is -2.28. The van der Waals surface area contributed by atoms with Crippen molar-refractivity contribution in [2.24, 2.45) is 0 Å². The van der Waals surface area contributed by atoms with Gasteiger partial charge in [-0.15, -0.1) is 0 Å². The van der Waals surface area contributed by atoms with Gasteiger partial charge in [-0.1, -0.05) is 0 Å². The van der Waals surface area contributed by atoms with Crippen LogP contribution in [0, 0.1) is 0 Å². The van der Waals surface area contributed by atoms with Crippen molar-refractivity contribution < 1.29 is 13.9 Å². The molecule has 2 atom stereocenters. The maximum absolute atomic E-state index is 13.3. The molecule has 0 saturated carbocycles. The Morgan fingerprint density at radius 3 is 2.47 bits per heavy atom. The minimum Gasteiger partial charge on any atom is -0.444 e. The van der Waals surface area contributed by atoms with Crippen LogP contribution in [0.2, 0.25) is 0 Å². The molecule has 0 unspecified atom stereocenters. The molecule has 0 aromatic rings. The first-order valence-electron chi connectivity index (χ1n) is 5.12. The van der Waals surface area contributed by atoms with Gasteiger partial charge in [0.05, 0.1) is 6.04 Å². The minimum absolute atomic E-state index is 0.303. The third-order valence-corrected chi connectivity index (χ3v) is 2.29. The number of hydrogen-bond acceptors (Lipinski definition) is 3. The highest BCUT2D eigenvalue weighted by Crippen LogP contribution is 2.15. The van der Waals surface area contributed by atoms with Gasteiger partial charge in [0.1, 0.15) is 11.8 Å². The Morgan fingerprint density at radius 2 is 2.07 bits per heavy atom. The SMILES string of the molecule is CN(C(=O)OC(C)(C)C)[C@@H]1CNC[C@@H]1F. The molecule has 0 bridgehead atoms. The highest BCUT2D eigenvalue weighted by atomic mass is 19.1. The van der Waals surface area contributed by atoms with Gasteiger partial charge < -0.3 is 15.0 Å². The summed E-state index contributed by atoms with van der Waals surface area (Å²) in [7, 11) is 1.57. The summed E-state index contributed by atoms with van der Waals surface area (Å²) in [4.78, 5) is 12.9. The van der Waals surface area contributed by atoms with Crippen molar-refractivity contribution in [2.45, 2.75) is 38.6 Å². The molecule has 5 heteroatoms. The van der Waals surface area contributed by atoms with Crippen LogP contribution in [0.3, 0.4) is 0 Å². The number of nitrogens with zero attached hydrogens (tertiary/aromatic N) is 1. The van der Waals surface area contributed by atoms with Crippen LogP contribution in [0.25, 0.3) is 0 Å². The van der Waals surface area contributed by atoms with Crippen LogP contribution in [-0.4, -0.2) is 48.9 Å². The van der Waals surface area contributed by atoms with E-state index >= 15 is 0 Å². The molecule has 1 rings (SSSR count). The van der Waals surface area contributed by atoms with Gasteiger partial charge in [0.25, 0.3) is 0 Å². The maximum Gasteiger partial charge on any atom is 0.410 e. The van der Waals surface area contributed by atoms with E-state index in [0.29, 0.717) is 13.1 Å². The first-order valence-corrected chi connectivity index (χ1v) is 5.12. The Labute approximate surface area is 89.8 Å². The number of amides is 1. The first kappa shape index (κ1) is 12.2. The molecule has 88 valence electrons. The molecular weight excluding hydrogens is 199 g/mol. The molecule has 1 fully saturated rings. The lowest BCUT2D eigenvalue weighted by Crippen LogP contribution is -2.45. The van der Waals surface area contributed by atoms with Gasteiger partial charge in [-0.05, 0) is 20.8 Å². The van der Waals surface area contributed by atoms with E-state index < -0.39 is 23.9 Å². The molecule has 1 heterocycles. The molecule has 1 aliphatic rings. The smallest absolute Gasteiger partial charge is 0.410 e. The van der Waals surface area contributed by atoms with Gasteiger partial charge in [0.15, 0.2) is 0 Å². The third-order valence-electron chi connectivity index (χ3n) is 2.29. The standard InChI is InChI=1S/C10H19FN2O2/c1-10(2,3)15-9(14)13(4)8-6-12-5-7(8)11/h7-8,12H,5-6H2,1-4H3/t7-,8+/m0/s1. The van der Waals surface area contributed by atoms with E-state index in [0.717, 1.165) is 0 Å². The molecule has 0 aliphatic carbocycles. The number of halogens is 1. The second-order valence-electron chi connectivity index (χ2n) is 4.83. The summed E-state index contributed by atoms with van der Waals surface area (Å²) in [6, 6.07) is -0.417. The Bertz CT molecular complexity index is 240. The number of nitrogens with one attached hydrogen (secondary N) is 1. The normalized spacial score (nSPS) is 26.5. The monoisotopic (exact) mass is 218 g/mol. The molecule has 0 aromatic heterocycles. The van der Waals surface area contributed by atoms with E-state index in [2.05, 4.69) is 5.32 Å². The van der Waals surface area contributed by atoms with Crippen LogP contribution in [0.5, 0.6) is 0 Å². The van der Waals surface area contributed by atoms with E-state index in [-0.39, 0.29) is 0 Å². The van der Waals surface area contributed by atoms with Crippen molar-refractivity contribution in [3.05, 3.63) is 0 Å². The molecule has 1 amide bonds. The zero-order valence-electron chi connectivity index (χ0n) is 9.71. The fourth-order valence-electron chi connectivity index (χ4n) is 1.48. The predicted octanol–water partition coefficient (Wildman–Crippen LogP) is 1.16. The maximum atomic E-state index is 13.3. The summed E-state index contributed by atoms with van der Waals surface area (Å²) in [5, 5.41) is 2.90. The lowest BCUT2D eigenvalue weighted by atomic mass is 10.2. The molecule has 0 spiro atoms. The van der Waals surface area contributed by atoms with Gasteiger partial charge >= 0.3 is 6.09 Å². The average molecular weight is 218 g/mol. The van der Waals surface area contributed by atoms with Crippen molar-refractivity contribution in [1.29, 1.82) is 0 Å². The Balaban J connectivity index is 2.52. The number of ether oxygens (including phenoxy) is 1. The summed E-state index contributed by atoms with van der Waals surface area (Å²) in [6.07, 6.45) is -1.48. The Kier molecular flexibility index (Phi) is 3.54. The number of likely N-dealkylation sites (N-methyl/N-ethyl adjacent to an activating group) is 1.